The highest BCUT2D eigenvalue weighted by Gasteiger charge is 2.45. The summed E-state index contributed by atoms with van der Waals surface area (Å²) < 4.78 is 24.6. The molecule has 1 unspecified atom stereocenters. The number of aromatic nitrogens is 1. The van der Waals surface area contributed by atoms with Gasteiger partial charge in [-0.05, 0) is 119 Å². The van der Waals surface area contributed by atoms with Crippen molar-refractivity contribution >= 4 is 23.7 Å². The van der Waals surface area contributed by atoms with Gasteiger partial charge in [-0.3, -0.25) is 14.7 Å². The molecule has 0 aliphatic carbocycles. The maximum absolute atomic E-state index is 12.7. The Kier molecular flexibility index (Phi) is 14.3. The fourth-order valence-corrected chi connectivity index (χ4v) is 9.16. The van der Waals surface area contributed by atoms with Crippen LogP contribution in [0.25, 0.3) is 11.1 Å². The fourth-order valence-electron chi connectivity index (χ4n) is 8.92. The first-order chi connectivity index (χ1) is 29.8. The first kappa shape index (κ1) is 44.7. The lowest BCUT2D eigenvalue weighted by Crippen LogP contribution is -2.44. The summed E-state index contributed by atoms with van der Waals surface area (Å²) in [6, 6.07) is 21.2. The molecule has 3 aliphatic heterocycles. The molecule has 3 saturated heterocycles. The minimum atomic E-state index is -0.836. The molecule has 1 amide bonds. The van der Waals surface area contributed by atoms with Gasteiger partial charge in [0.2, 0.25) is 0 Å². The van der Waals surface area contributed by atoms with Gasteiger partial charge in [0.1, 0.15) is 48.2 Å². The number of carbonyl (C=O) groups excluding carboxylic acids is 1. The van der Waals surface area contributed by atoms with Gasteiger partial charge in [0.25, 0.3) is 0 Å². The van der Waals surface area contributed by atoms with Crippen LogP contribution in [0.5, 0.6) is 17.2 Å². The highest BCUT2D eigenvalue weighted by Crippen LogP contribution is 2.40. The molecule has 1 spiro atoms. The summed E-state index contributed by atoms with van der Waals surface area (Å²) in [5.74, 6) is 0.947. The smallest absolute Gasteiger partial charge is 0.410 e. The Hall–Kier alpha value is -5.35. The van der Waals surface area contributed by atoms with Crippen LogP contribution in [-0.4, -0.2) is 94.4 Å². The van der Waals surface area contributed by atoms with Gasteiger partial charge in [-0.2, -0.15) is 5.26 Å². The maximum atomic E-state index is 12.7. The molecule has 3 aromatic carbocycles. The van der Waals surface area contributed by atoms with Gasteiger partial charge in [0, 0.05) is 67.7 Å². The Morgan fingerprint density at radius 2 is 1.74 bits per heavy atom. The van der Waals surface area contributed by atoms with Crippen molar-refractivity contribution in [2.24, 2.45) is 5.41 Å². The minimum Gasteiger partial charge on any atom is -0.494 e. The van der Waals surface area contributed by atoms with Gasteiger partial charge >= 0.3 is 12.1 Å². The molecule has 4 aromatic rings. The minimum absolute atomic E-state index is 0.152. The number of pyridine rings is 1. The number of nitriles is 1. The summed E-state index contributed by atoms with van der Waals surface area (Å²) >= 11 is 6.88. The summed E-state index contributed by atoms with van der Waals surface area (Å²) in [5, 5.41) is 19.7. The number of nitrogens with zero attached hydrogens (tertiary/aromatic N) is 5. The standard InChI is InChI=1S/C49H58ClN5O7/c1-34-38(31-61-45-25-44(60-30-36-22-35(26-51)27-52-28-36)39(24-42(45)50)29-54-18-6-5-14-43(54)46(56)57)11-8-13-41(34)37-10-7-12-40(23-37)59-21-9-17-53-19-15-49(32-53)16-20-55(33-49)47(58)62-48(2,3)4/h7-8,10-13,22-25,27-28,43H,5-6,9,14-21,29-33H2,1-4H3,(H,56,57)/t43-,49?/m0/s1. The Labute approximate surface area is 370 Å². The lowest BCUT2D eigenvalue weighted by Gasteiger charge is -2.33. The Morgan fingerprint density at radius 3 is 2.55 bits per heavy atom. The molecule has 0 saturated carbocycles. The highest BCUT2D eigenvalue weighted by atomic mass is 35.5. The first-order valence-corrected chi connectivity index (χ1v) is 22.1. The lowest BCUT2D eigenvalue weighted by molar-refractivity contribution is -0.144. The lowest BCUT2D eigenvalue weighted by atomic mass is 9.86. The summed E-state index contributed by atoms with van der Waals surface area (Å²) in [4.78, 5) is 35.3. The SMILES string of the molecule is Cc1c(COc2cc(OCc3cncc(C#N)c3)c(CN3CCCC[C@H]3C(=O)O)cc2Cl)cccc1-c1cccc(OCCCN2CCC3(CCN(C(=O)OC(C)(C)C)C3)C2)c1. The number of hydrogen-bond acceptors (Lipinski definition) is 10. The van der Waals surface area contributed by atoms with E-state index >= 15 is 0 Å². The van der Waals surface area contributed by atoms with Gasteiger partial charge in [-0.25, -0.2) is 4.79 Å². The predicted molar refractivity (Wildman–Crippen MR) is 237 cm³/mol. The molecular weight excluding hydrogens is 806 g/mol. The summed E-state index contributed by atoms with van der Waals surface area (Å²) in [6.45, 7) is 14.4. The molecular formula is C49H58ClN5O7. The van der Waals surface area contributed by atoms with Crippen LogP contribution in [0, 0.1) is 23.7 Å². The van der Waals surface area contributed by atoms with E-state index < -0.39 is 17.6 Å². The average Bonchev–Trinajstić information content (AvgIpc) is 3.87. The number of ether oxygens (including phenoxy) is 4. The number of carboxylic acid groups (broad SMARTS) is 1. The van der Waals surface area contributed by atoms with Crippen LogP contribution in [0.15, 0.2) is 73.1 Å². The molecule has 3 aliphatic rings. The van der Waals surface area contributed by atoms with Crippen LogP contribution >= 0.6 is 11.6 Å². The number of carbonyl (C=O) groups is 2. The van der Waals surface area contributed by atoms with Gasteiger partial charge in [0.15, 0.2) is 0 Å². The molecule has 0 bridgehead atoms. The molecule has 1 aromatic heterocycles. The van der Waals surface area contributed by atoms with Crippen LogP contribution in [0.3, 0.4) is 0 Å². The van der Waals surface area contributed by atoms with Crippen LogP contribution < -0.4 is 14.2 Å². The van der Waals surface area contributed by atoms with E-state index in [9.17, 15) is 20.0 Å². The summed E-state index contributed by atoms with van der Waals surface area (Å²) in [6.07, 6.45) is 8.35. The second kappa shape index (κ2) is 19.8. The normalized spacial score (nSPS) is 19.4. The van der Waals surface area contributed by atoms with E-state index in [2.05, 4.69) is 41.1 Å². The Bertz CT molecular complexity index is 2270. The number of likely N-dealkylation sites (tertiary alicyclic amines) is 3. The molecule has 0 radical (unpaired) electrons. The molecule has 7 rings (SSSR count). The topological polar surface area (TPSA) is 138 Å². The summed E-state index contributed by atoms with van der Waals surface area (Å²) in [5.41, 5.74) is 5.77. The van der Waals surface area contributed by atoms with Crippen molar-refractivity contribution in [3.8, 4) is 34.4 Å². The second-order valence-electron chi connectivity index (χ2n) is 18.0. The molecule has 13 heteroatoms. The number of benzene rings is 3. The fraction of sp³-hybridized carbons (Fsp3) is 0.469. The maximum Gasteiger partial charge on any atom is 0.410 e. The largest absolute Gasteiger partial charge is 0.494 e. The van der Waals surface area contributed by atoms with Gasteiger partial charge < -0.3 is 33.9 Å². The molecule has 2 atom stereocenters. The zero-order valence-corrected chi connectivity index (χ0v) is 37.1. The van der Waals surface area contributed by atoms with Crippen molar-refractivity contribution in [2.45, 2.75) is 97.6 Å². The van der Waals surface area contributed by atoms with E-state index in [0.29, 0.717) is 48.2 Å². The second-order valence-corrected chi connectivity index (χ2v) is 18.4. The van der Waals surface area contributed by atoms with Crippen molar-refractivity contribution in [3.05, 3.63) is 106 Å². The quantitative estimate of drug-likeness (QED) is 0.115. The van der Waals surface area contributed by atoms with E-state index in [0.717, 1.165) is 104 Å². The molecule has 3 fully saturated rings. The van der Waals surface area contributed by atoms with Crippen molar-refractivity contribution in [1.82, 2.24) is 19.7 Å². The van der Waals surface area contributed by atoms with Crippen molar-refractivity contribution in [1.29, 1.82) is 5.26 Å². The van der Waals surface area contributed by atoms with Crippen molar-refractivity contribution in [2.75, 3.05) is 45.9 Å². The molecule has 1 N–H and O–H groups in total. The zero-order valence-electron chi connectivity index (χ0n) is 36.3. The third kappa shape index (κ3) is 11.4. The number of carboxylic acids is 1. The third-order valence-corrected chi connectivity index (χ3v) is 12.5. The number of aliphatic carboxylic acids is 1. The molecule has 328 valence electrons. The number of halogens is 1. The molecule has 4 heterocycles. The van der Waals surface area contributed by atoms with Crippen LogP contribution in [-0.2, 0) is 29.3 Å². The van der Waals surface area contributed by atoms with Crippen LogP contribution in [0.1, 0.15) is 87.1 Å². The van der Waals surface area contributed by atoms with Crippen molar-refractivity contribution in [3.63, 3.8) is 0 Å². The number of piperidine rings is 1. The van der Waals surface area contributed by atoms with E-state index in [-0.39, 0.29) is 24.7 Å². The van der Waals surface area contributed by atoms with Crippen LogP contribution in [0.4, 0.5) is 4.79 Å². The average molecular weight is 864 g/mol. The van der Waals surface area contributed by atoms with E-state index in [4.69, 9.17) is 30.5 Å². The summed E-state index contributed by atoms with van der Waals surface area (Å²) in [7, 11) is 0. The number of rotatable bonds is 15. The zero-order chi connectivity index (χ0) is 43.9. The molecule has 12 nitrogen and oxygen atoms in total. The van der Waals surface area contributed by atoms with Crippen molar-refractivity contribution < 1.29 is 33.6 Å². The number of amides is 1. The van der Waals surface area contributed by atoms with E-state index in [1.165, 1.54) is 6.20 Å². The Balaban J connectivity index is 0.967. The number of hydrogen-bond donors (Lipinski definition) is 1. The van der Waals surface area contributed by atoms with Crippen LogP contribution in [0.2, 0.25) is 5.02 Å². The van der Waals surface area contributed by atoms with Gasteiger partial charge in [0.05, 0.1) is 17.2 Å². The first-order valence-electron chi connectivity index (χ1n) is 21.7. The Morgan fingerprint density at radius 1 is 0.935 bits per heavy atom. The third-order valence-electron chi connectivity index (χ3n) is 12.2. The monoisotopic (exact) mass is 863 g/mol. The van der Waals surface area contributed by atoms with E-state index in [1.54, 1.807) is 24.4 Å². The predicted octanol–water partition coefficient (Wildman–Crippen LogP) is 9.28. The van der Waals surface area contributed by atoms with Gasteiger partial charge in [-0.15, -0.1) is 0 Å². The van der Waals surface area contributed by atoms with E-state index in [1.807, 2.05) is 54.8 Å². The highest BCUT2D eigenvalue weighted by molar-refractivity contribution is 6.32. The molecule has 62 heavy (non-hydrogen) atoms. The van der Waals surface area contributed by atoms with Gasteiger partial charge in [-0.1, -0.05) is 48.4 Å².